The Morgan fingerprint density at radius 3 is 2.52 bits per heavy atom. The molecule has 1 saturated heterocycles. The Kier molecular flexibility index (Phi) is 7.28. The van der Waals surface area contributed by atoms with Crippen LogP contribution in [0.1, 0.15) is 45.2 Å². The summed E-state index contributed by atoms with van der Waals surface area (Å²) in [5.41, 5.74) is 2.34. The molecule has 0 aliphatic carbocycles. The Hall–Kier alpha value is -3.35. The lowest BCUT2D eigenvalue weighted by molar-refractivity contribution is -0.126. The van der Waals surface area contributed by atoms with Crippen LogP contribution in [-0.2, 0) is 14.4 Å². The van der Waals surface area contributed by atoms with Gasteiger partial charge in [0.1, 0.15) is 5.75 Å². The first-order valence-electron chi connectivity index (χ1n) is 10.6. The molecule has 1 fully saturated rings. The van der Waals surface area contributed by atoms with Gasteiger partial charge < -0.3 is 20.3 Å². The maximum absolute atomic E-state index is 12.8. The minimum absolute atomic E-state index is 0.0459. The van der Waals surface area contributed by atoms with Gasteiger partial charge in [0.25, 0.3) is 0 Å². The second-order valence-electron chi connectivity index (χ2n) is 7.56. The molecular weight excluding hydrogens is 394 g/mol. The summed E-state index contributed by atoms with van der Waals surface area (Å²) in [7, 11) is 0. The molecule has 1 aliphatic heterocycles. The van der Waals surface area contributed by atoms with Crippen molar-refractivity contribution in [2.24, 2.45) is 5.92 Å². The number of carbonyl (C=O) groups is 3. The topological polar surface area (TPSA) is 87.7 Å². The predicted molar refractivity (Wildman–Crippen MR) is 120 cm³/mol. The van der Waals surface area contributed by atoms with Gasteiger partial charge >= 0.3 is 0 Å². The highest BCUT2D eigenvalue weighted by molar-refractivity contribution is 6.01. The summed E-state index contributed by atoms with van der Waals surface area (Å²) in [6.07, 6.45) is 0.585. The fourth-order valence-electron chi connectivity index (χ4n) is 3.59. The van der Waals surface area contributed by atoms with E-state index < -0.39 is 5.92 Å². The minimum atomic E-state index is -0.423. The third-order valence-corrected chi connectivity index (χ3v) is 5.33. The lowest BCUT2D eigenvalue weighted by Gasteiger charge is -2.21. The van der Waals surface area contributed by atoms with Crippen LogP contribution in [0.15, 0.2) is 48.5 Å². The molecular formula is C24H29N3O4. The van der Waals surface area contributed by atoms with Gasteiger partial charge in [-0.2, -0.15) is 0 Å². The second-order valence-corrected chi connectivity index (χ2v) is 7.56. The number of rotatable bonds is 8. The molecule has 0 radical (unpaired) electrons. The molecule has 1 aliphatic rings. The molecule has 2 N–H and O–H groups in total. The molecule has 7 heteroatoms. The Bertz CT molecular complexity index is 942. The highest BCUT2D eigenvalue weighted by atomic mass is 16.5. The van der Waals surface area contributed by atoms with E-state index in [9.17, 15) is 14.4 Å². The Balaban J connectivity index is 1.62. The molecule has 2 unspecified atom stereocenters. The van der Waals surface area contributed by atoms with E-state index in [4.69, 9.17) is 4.74 Å². The van der Waals surface area contributed by atoms with Crippen LogP contribution in [0, 0.1) is 5.92 Å². The van der Waals surface area contributed by atoms with Crippen LogP contribution in [-0.4, -0.2) is 30.9 Å². The third-order valence-electron chi connectivity index (χ3n) is 5.33. The van der Waals surface area contributed by atoms with Crippen LogP contribution in [0.25, 0.3) is 0 Å². The van der Waals surface area contributed by atoms with E-state index in [2.05, 4.69) is 10.6 Å². The summed E-state index contributed by atoms with van der Waals surface area (Å²) >= 11 is 0. The fourth-order valence-corrected chi connectivity index (χ4v) is 3.59. The molecule has 2 atom stereocenters. The van der Waals surface area contributed by atoms with Gasteiger partial charge in [0, 0.05) is 25.1 Å². The molecule has 1 heterocycles. The largest absolute Gasteiger partial charge is 0.492 e. The summed E-state index contributed by atoms with van der Waals surface area (Å²) in [6.45, 7) is 6.41. The van der Waals surface area contributed by atoms with Gasteiger partial charge in [-0.3, -0.25) is 14.4 Å². The molecule has 7 nitrogen and oxygen atoms in total. The number of amides is 3. The lowest BCUT2D eigenvalue weighted by atomic mass is 10.0. The zero-order valence-electron chi connectivity index (χ0n) is 18.2. The highest BCUT2D eigenvalue weighted by Gasteiger charge is 2.36. The summed E-state index contributed by atoms with van der Waals surface area (Å²) in [5.74, 6) is -0.0668. The van der Waals surface area contributed by atoms with E-state index in [1.54, 1.807) is 11.8 Å². The SMILES string of the molecule is CCOc1ccccc1N1CC(C(=O)NC(C)c2ccc(NC(=O)CC)cc2)CC1=O. The van der Waals surface area contributed by atoms with Crippen LogP contribution in [0.2, 0.25) is 0 Å². The molecule has 2 aromatic rings. The van der Waals surface area contributed by atoms with Gasteiger partial charge in [0.2, 0.25) is 17.7 Å². The average Bonchev–Trinajstić information content (AvgIpc) is 3.16. The third kappa shape index (κ3) is 5.42. The first kappa shape index (κ1) is 22.3. The first-order chi connectivity index (χ1) is 14.9. The van der Waals surface area contributed by atoms with E-state index in [1.165, 1.54) is 0 Å². The number of ether oxygens (including phenoxy) is 1. The molecule has 31 heavy (non-hydrogen) atoms. The Morgan fingerprint density at radius 1 is 1.13 bits per heavy atom. The summed E-state index contributed by atoms with van der Waals surface area (Å²) in [5, 5.41) is 5.81. The zero-order chi connectivity index (χ0) is 22.4. The molecule has 164 valence electrons. The van der Waals surface area contributed by atoms with E-state index in [0.29, 0.717) is 31.0 Å². The smallest absolute Gasteiger partial charge is 0.227 e. The average molecular weight is 424 g/mol. The highest BCUT2D eigenvalue weighted by Crippen LogP contribution is 2.33. The van der Waals surface area contributed by atoms with Crippen molar-refractivity contribution in [3.05, 3.63) is 54.1 Å². The Morgan fingerprint density at radius 2 is 1.84 bits per heavy atom. The number of para-hydroxylation sites is 2. The van der Waals surface area contributed by atoms with Gasteiger partial charge in [-0.1, -0.05) is 31.2 Å². The minimum Gasteiger partial charge on any atom is -0.492 e. The van der Waals surface area contributed by atoms with E-state index in [1.807, 2.05) is 62.4 Å². The second kappa shape index (κ2) is 10.1. The zero-order valence-corrected chi connectivity index (χ0v) is 18.2. The van der Waals surface area contributed by atoms with Crippen molar-refractivity contribution in [2.45, 2.75) is 39.7 Å². The molecule has 0 saturated carbocycles. The Labute approximate surface area is 182 Å². The van der Waals surface area contributed by atoms with Crippen molar-refractivity contribution in [1.82, 2.24) is 5.32 Å². The molecule has 3 amide bonds. The predicted octanol–water partition coefficient (Wildman–Crippen LogP) is 3.66. The number of nitrogens with zero attached hydrogens (tertiary/aromatic N) is 1. The van der Waals surface area contributed by atoms with Crippen LogP contribution in [0.3, 0.4) is 0 Å². The monoisotopic (exact) mass is 423 g/mol. The van der Waals surface area contributed by atoms with Crippen LogP contribution < -0.4 is 20.3 Å². The van der Waals surface area contributed by atoms with Crippen molar-refractivity contribution in [3.8, 4) is 5.75 Å². The van der Waals surface area contributed by atoms with Gasteiger partial charge in [-0.15, -0.1) is 0 Å². The summed E-state index contributed by atoms with van der Waals surface area (Å²) in [6, 6.07) is 14.5. The van der Waals surface area contributed by atoms with Crippen LogP contribution in [0.4, 0.5) is 11.4 Å². The number of nitrogens with one attached hydrogen (secondary N) is 2. The van der Waals surface area contributed by atoms with Crippen molar-refractivity contribution in [2.75, 3.05) is 23.4 Å². The maximum atomic E-state index is 12.8. The molecule has 0 bridgehead atoms. The van der Waals surface area contributed by atoms with Gasteiger partial charge in [0.15, 0.2) is 0 Å². The number of carbonyl (C=O) groups excluding carboxylic acids is 3. The van der Waals surface area contributed by atoms with Crippen molar-refractivity contribution >= 4 is 29.1 Å². The first-order valence-corrected chi connectivity index (χ1v) is 10.6. The quantitative estimate of drug-likeness (QED) is 0.678. The summed E-state index contributed by atoms with van der Waals surface area (Å²) < 4.78 is 5.64. The van der Waals surface area contributed by atoms with Crippen LogP contribution in [0.5, 0.6) is 5.75 Å². The van der Waals surface area contributed by atoms with Crippen LogP contribution >= 0.6 is 0 Å². The van der Waals surface area contributed by atoms with Crippen molar-refractivity contribution < 1.29 is 19.1 Å². The van der Waals surface area contributed by atoms with Crippen molar-refractivity contribution in [1.29, 1.82) is 0 Å². The van der Waals surface area contributed by atoms with Crippen molar-refractivity contribution in [3.63, 3.8) is 0 Å². The lowest BCUT2D eigenvalue weighted by Crippen LogP contribution is -2.34. The van der Waals surface area contributed by atoms with Gasteiger partial charge in [-0.05, 0) is 43.7 Å². The fraction of sp³-hybridized carbons (Fsp3) is 0.375. The number of hydrogen-bond acceptors (Lipinski definition) is 4. The summed E-state index contributed by atoms with van der Waals surface area (Å²) in [4.78, 5) is 38.6. The number of anilines is 2. The van der Waals surface area contributed by atoms with Gasteiger partial charge in [0.05, 0.1) is 24.3 Å². The van der Waals surface area contributed by atoms with Gasteiger partial charge in [-0.25, -0.2) is 0 Å². The molecule has 3 rings (SSSR count). The molecule has 0 aromatic heterocycles. The molecule has 2 aromatic carbocycles. The normalized spacial score (nSPS) is 16.7. The van der Waals surface area contributed by atoms with E-state index in [0.717, 1.165) is 11.3 Å². The number of benzene rings is 2. The van der Waals surface area contributed by atoms with E-state index in [-0.39, 0.29) is 30.2 Å². The van der Waals surface area contributed by atoms with E-state index >= 15 is 0 Å². The number of hydrogen-bond donors (Lipinski definition) is 2. The standard InChI is InChI=1S/C24H29N3O4/c1-4-22(28)26-19-12-10-17(11-13-19)16(3)25-24(30)18-14-23(29)27(15-18)20-8-6-7-9-21(20)31-5-2/h6-13,16,18H,4-5,14-15H2,1-3H3,(H,25,30)(H,26,28). The maximum Gasteiger partial charge on any atom is 0.227 e. The molecule has 0 spiro atoms.